The Bertz CT molecular complexity index is 970. The number of nitrogens with one attached hydrogen (secondary N) is 1. The van der Waals surface area contributed by atoms with Crippen molar-refractivity contribution in [3.8, 4) is 11.5 Å². The number of rotatable bonds is 4. The smallest absolute Gasteiger partial charge is 0.212 e. The molecule has 2 aromatic carbocycles. The molecule has 0 bridgehead atoms. The van der Waals surface area contributed by atoms with Crippen LogP contribution in [0.15, 0.2) is 47.6 Å². The number of nitrogens with zero attached hydrogens (tertiary/aromatic N) is 3. The molecule has 0 fully saturated rings. The van der Waals surface area contributed by atoms with Crippen LogP contribution in [0.3, 0.4) is 0 Å². The Morgan fingerprint density at radius 2 is 2.15 bits per heavy atom. The van der Waals surface area contributed by atoms with E-state index in [2.05, 4.69) is 25.0 Å². The minimum Gasteiger partial charge on any atom is -0.493 e. The van der Waals surface area contributed by atoms with Gasteiger partial charge in [-0.3, -0.25) is 0 Å². The van der Waals surface area contributed by atoms with Crippen LogP contribution in [-0.4, -0.2) is 22.7 Å². The normalized spacial score (nSPS) is 17.7. The van der Waals surface area contributed by atoms with Crippen molar-refractivity contribution in [2.45, 2.75) is 17.4 Å². The Morgan fingerprint density at radius 3 is 3.04 bits per heavy atom. The number of anilines is 2. The van der Waals surface area contributed by atoms with Crippen molar-refractivity contribution in [1.82, 2.24) is 9.36 Å². The molecule has 27 heavy (non-hydrogen) atoms. The third kappa shape index (κ3) is 3.06. The van der Waals surface area contributed by atoms with Gasteiger partial charge >= 0.3 is 0 Å². The molecule has 0 spiro atoms. The zero-order valence-corrected chi connectivity index (χ0v) is 15.7. The van der Waals surface area contributed by atoms with E-state index in [0.717, 1.165) is 35.4 Å². The highest BCUT2D eigenvalue weighted by molar-refractivity contribution is 8.00. The fourth-order valence-electron chi connectivity index (χ4n) is 3.37. The van der Waals surface area contributed by atoms with Crippen LogP contribution in [0.4, 0.5) is 15.2 Å². The lowest BCUT2D eigenvalue weighted by molar-refractivity contribution is 0.251. The molecule has 2 aliphatic heterocycles. The van der Waals surface area contributed by atoms with Crippen LogP contribution < -0.4 is 19.1 Å². The van der Waals surface area contributed by atoms with Gasteiger partial charge in [0.25, 0.3) is 0 Å². The van der Waals surface area contributed by atoms with Crippen LogP contribution in [0.25, 0.3) is 0 Å². The fourth-order valence-corrected chi connectivity index (χ4v) is 4.51. The van der Waals surface area contributed by atoms with Gasteiger partial charge in [-0.15, -0.1) is 0 Å². The lowest BCUT2D eigenvalue weighted by Gasteiger charge is -2.33. The second kappa shape index (κ2) is 6.90. The Balaban J connectivity index is 1.42. The van der Waals surface area contributed by atoms with E-state index in [9.17, 15) is 4.39 Å². The molecule has 9 heteroatoms. The van der Waals surface area contributed by atoms with Gasteiger partial charge in [0.1, 0.15) is 23.6 Å². The molecular weight excluding hydrogens is 387 g/mol. The molecule has 2 aliphatic rings. The molecule has 6 nitrogen and oxygen atoms in total. The van der Waals surface area contributed by atoms with Crippen molar-refractivity contribution in [1.29, 1.82) is 0 Å². The van der Waals surface area contributed by atoms with Gasteiger partial charge in [0, 0.05) is 35.6 Å². The fraction of sp³-hybridized carbons (Fsp3) is 0.222. The average Bonchev–Trinajstić information content (AvgIpc) is 3.35. The van der Waals surface area contributed by atoms with Gasteiger partial charge in [-0.2, -0.15) is 4.37 Å². The summed E-state index contributed by atoms with van der Waals surface area (Å²) in [6.45, 7) is 1.03. The summed E-state index contributed by atoms with van der Waals surface area (Å²) >= 11 is 2.38. The first-order chi connectivity index (χ1) is 13.3. The monoisotopic (exact) mass is 402 g/mol. The van der Waals surface area contributed by atoms with Crippen molar-refractivity contribution < 1.29 is 13.9 Å². The second-order valence-electron chi connectivity index (χ2n) is 6.13. The summed E-state index contributed by atoms with van der Waals surface area (Å²) in [6, 6.07) is 11.4. The lowest BCUT2D eigenvalue weighted by Crippen LogP contribution is -2.31. The molecule has 3 heterocycles. The van der Waals surface area contributed by atoms with Gasteiger partial charge < -0.3 is 19.1 Å². The van der Waals surface area contributed by atoms with Gasteiger partial charge in [0.15, 0.2) is 6.73 Å². The number of aromatic nitrogens is 2. The number of hydrogen-bond acceptors (Lipinski definition) is 8. The van der Waals surface area contributed by atoms with Crippen LogP contribution in [0.2, 0.25) is 0 Å². The quantitative estimate of drug-likeness (QED) is 0.646. The van der Waals surface area contributed by atoms with Crippen LogP contribution in [0.1, 0.15) is 18.0 Å². The number of hydrogen-bond donors (Lipinski definition) is 1. The maximum absolute atomic E-state index is 14.7. The lowest BCUT2D eigenvalue weighted by atomic mass is 9.99. The SMILES string of the molecule is Fc1cc2c(cc1SNc1ncns1)OCN2C1CCOc2ccccc21. The summed E-state index contributed by atoms with van der Waals surface area (Å²) in [6.07, 6.45) is 2.29. The summed E-state index contributed by atoms with van der Waals surface area (Å²) in [7, 11) is 0. The van der Waals surface area contributed by atoms with E-state index in [1.807, 2.05) is 18.2 Å². The van der Waals surface area contributed by atoms with Crippen molar-refractivity contribution in [3.63, 3.8) is 0 Å². The third-order valence-corrected chi connectivity index (χ3v) is 6.13. The summed E-state index contributed by atoms with van der Waals surface area (Å²) in [5.74, 6) is 1.27. The highest BCUT2D eigenvalue weighted by Gasteiger charge is 2.33. The number of benzene rings is 2. The van der Waals surface area contributed by atoms with Crippen LogP contribution >= 0.6 is 23.5 Å². The maximum atomic E-state index is 14.7. The first kappa shape index (κ1) is 16.6. The molecular formula is C18H15FN4O2S2. The van der Waals surface area contributed by atoms with E-state index < -0.39 is 0 Å². The van der Waals surface area contributed by atoms with Gasteiger partial charge in [0.2, 0.25) is 5.13 Å². The molecule has 0 saturated carbocycles. The topological polar surface area (TPSA) is 59.5 Å². The maximum Gasteiger partial charge on any atom is 0.212 e. The minimum absolute atomic E-state index is 0.105. The molecule has 0 aliphatic carbocycles. The van der Waals surface area contributed by atoms with Crippen LogP contribution in [0, 0.1) is 5.82 Å². The first-order valence-electron chi connectivity index (χ1n) is 8.44. The third-order valence-electron chi connectivity index (χ3n) is 4.59. The largest absolute Gasteiger partial charge is 0.493 e. The van der Waals surface area contributed by atoms with E-state index >= 15 is 0 Å². The van der Waals surface area contributed by atoms with Gasteiger partial charge in [0.05, 0.1) is 23.2 Å². The Hall–Kier alpha value is -2.52. The summed E-state index contributed by atoms with van der Waals surface area (Å²) in [5, 5.41) is 0.626. The zero-order chi connectivity index (χ0) is 18.2. The van der Waals surface area contributed by atoms with Crippen molar-refractivity contribution in [3.05, 3.63) is 54.1 Å². The van der Waals surface area contributed by atoms with E-state index in [1.165, 1.54) is 17.9 Å². The number of para-hydroxylation sites is 1. The van der Waals surface area contributed by atoms with E-state index in [4.69, 9.17) is 9.47 Å². The van der Waals surface area contributed by atoms with E-state index in [1.54, 1.807) is 12.1 Å². The Kier molecular flexibility index (Phi) is 4.25. The highest BCUT2D eigenvalue weighted by Crippen LogP contribution is 2.46. The Morgan fingerprint density at radius 1 is 1.22 bits per heavy atom. The number of halogens is 1. The van der Waals surface area contributed by atoms with Crippen molar-refractivity contribution in [2.75, 3.05) is 23.0 Å². The predicted octanol–water partition coefficient (Wildman–Crippen LogP) is 4.48. The molecule has 1 unspecified atom stereocenters. The summed E-state index contributed by atoms with van der Waals surface area (Å²) in [5.41, 5.74) is 1.88. The Labute approximate surface area is 163 Å². The van der Waals surface area contributed by atoms with E-state index in [-0.39, 0.29) is 11.9 Å². The number of ether oxygens (including phenoxy) is 2. The highest BCUT2D eigenvalue weighted by atomic mass is 32.2. The van der Waals surface area contributed by atoms with Crippen molar-refractivity contribution in [2.24, 2.45) is 0 Å². The average molecular weight is 402 g/mol. The molecule has 5 rings (SSSR count). The molecule has 138 valence electrons. The van der Waals surface area contributed by atoms with Gasteiger partial charge in [-0.25, -0.2) is 9.37 Å². The summed E-state index contributed by atoms with van der Waals surface area (Å²) in [4.78, 5) is 6.59. The molecule has 0 radical (unpaired) electrons. The number of fused-ring (bicyclic) bond motifs is 2. The van der Waals surface area contributed by atoms with Crippen LogP contribution in [-0.2, 0) is 0 Å². The van der Waals surface area contributed by atoms with E-state index in [0.29, 0.717) is 29.1 Å². The molecule has 0 amide bonds. The second-order valence-corrected chi connectivity index (χ2v) is 7.76. The van der Waals surface area contributed by atoms with Crippen molar-refractivity contribution >= 4 is 34.3 Å². The van der Waals surface area contributed by atoms with Gasteiger partial charge in [-0.05, 0) is 18.0 Å². The molecule has 1 N–H and O–H groups in total. The molecule has 1 aromatic heterocycles. The first-order valence-corrected chi connectivity index (χ1v) is 10.0. The molecule has 3 aromatic rings. The standard InChI is InChI=1S/C18H15FN4O2S2/c19-12-7-14-16(8-17(12)26-22-18-20-9-21-27-18)25-10-23(14)13-5-6-24-15-4-2-1-3-11(13)15/h1-4,7-9,13H,5-6,10H2,(H,20,21,22). The van der Waals surface area contributed by atoms with Gasteiger partial charge in [-0.1, -0.05) is 18.2 Å². The summed E-state index contributed by atoms with van der Waals surface area (Å²) < 4.78 is 33.2. The predicted molar refractivity (Wildman–Crippen MR) is 103 cm³/mol. The minimum atomic E-state index is -0.299. The van der Waals surface area contributed by atoms with Crippen LogP contribution in [0.5, 0.6) is 11.5 Å². The molecule has 0 saturated heterocycles. The molecule has 1 atom stereocenters. The zero-order valence-electron chi connectivity index (χ0n) is 14.1.